The van der Waals surface area contributed by atoms with Crippen LogP contribution in [-0.4, -0.2) is 22.5 Å². The highest BCUT2D eigenvalue weighted by Crippen LogP contribution is 2.59. The maximum absolute atomic E-state index is 13.4. The number of benzene rings is 1. The van der Waals surface area contributed by atoms with E-state index in [1.165, 1.54) is 0 Å². The third kappa shape index (κ3) is 2.15. The van der Waals surface area contributed by atoms with Crippen molar-refractivity contribution in [2.75, 3.05) is 0 Å². The molecule has 1 aromatic rings. The van der Waals surface area contributed by atoms with Gasteiger partial charge in [0.25, 0.3) is 0 Å². The Morgan fingerprint density at radius 2 is 1.65 bits per heavy atom. The monoisotopic (exact) mass is 353 g/mol. The van der Waals surface area contributed by atoms with Crippen molar-refractivity contribution in [1.29, 1.82) is 0 Å². The van der Waals surface area contributed by atoms with Gasteiger partial charge in [0.05, 0.1) is 5.92 Å². The number of hydrogen-bond acceptors (Lipinski definition) is 4. The standard InChI is InChI=1S/C21H23NO4/c1-2-13-12-21(19(23)15-10-6-7-11-16(15)20(21)24)17(18(13)22(25)26)14-8-4-3-5-9-14/h2,6-7,10-11,13-14,17-18H,1,3-5,8-9,12H2/t13-,17+,18-/m1/s1. The van der Waals surface area contributed by atoms with Gasteiger partial charge in [-0.2, -0.15) is 0 Å². The number of rotatable bonds is 3. The minimum Gasteiger partial charge on any atom is -0.293 e. The van der Waals surface area contributed by atoms with E-state index in [4.69, 9.17) is 0 Å². The number of nitrogens with zero attached hydrogens (tertiary/aromatic N) is 1. The molecule has 0 aliphatic heterocycles. The van der Waals surface area contributed by atoms with E-state index < -0.39 is 23.3 Å². The van der Waals surface area contributed by atoms with Gasteiger partial charge in [-0.05, 0) is 25.2 Å². The van der Waals surface area contributed by atoms with E-state index in [-0.39, 0.29) is 28.8 Å². The van der Waals surface area contributed by atoms with Gasteiger partial charge in [-0.25, -0.2) is 0 Å². The van der Waals surface area contributed by atoms with E-state index in [1.807, 2.05) is 0 Å². The zero-order valence-corrected chi connectivity index (χ0v) is 14.7. The maximum Gasteiger partial charge on any atom is 0.223 e. The molecule has 2 saturated carbocycles. The molecule has 0 unspecified atom stereocenters. The van der Waals surface area contributed by atoms with E-state index in [1.54, 1.807) is 30.3 Å². The summed E-state index contributed by atoms with van der Waals surface area (Å²) in [6, 6.07) is 5.97. The van der Waals surface area contributed by atoms with Crippen molar-refractivity contribution >= 4 is 11.6 Å². The lowest BCUT2D eigenvalue weighted by molar-refractivity contribution is -0.537. The van der Waals surface area contributed by atoms with Crippen molar-refractivity contribution in [2.45, 2.75) is 44.6 Å². The molecule has 0 N–H and O–H groups in total. The minimum absolute atomic E-state index is 0.0475. The van der Waals surface area contributed by atoms with Gasteiger partial charge < -0.3 is 0 Å². The summed E-state index contributed by atoms with van der Waals surface area (Å²) in [5.74, 6) is -1.34. The summed E-state index contributed by atoms with van der Waals surface area (Å²) in [6.45, 7) is 3.78. The third-order valence-corrected chi connectivity index (χ3v) is 6.86. The molecule has 0 bridgehead atoms. The van der Waals surface area contributed by atoms with Gasteiger partial charge in [0, 0.05) is 22.0 Å². The lowest BCUT2D eigenvalue weighted by Gasteiger charge is -2.36. The highest BCUT2D eigenvalue weighted by Gasteiger charge is 2.69. The summed E-state index contributed by atoms with van der Waals surface area (Å²) < 4.78 is 0. The van der Waals surface area contributed by atoms with Crippen LogP contribution in [-0.2, 0) is 0 Å². The highest BCUT2D eigenvalue weighted by atomic mass is 16.6. The molecular weight excluding hydrogens is 330 g/mol. The predicted octanol–water partition coefficient (Wildman–Crippen LogP) is 4.10. The average molecular weight is 353 g/mol. The topological polar surface area (TPSA) is 77.3 Å². The fourth-order valence-corrected chi connectivity index (χ4v) is 5.82. The SMILES string of the molecule is C=C[C@@H]1CC2(C(=O)c3ccccc3C2=O)[C@@H](C2CCCCC2)[C@@H]1[N+](=O)[O-]. The summed E-state index contributed by atoms with van der Waals surface area (Å²) in [6.07, 6.45) is 6.66. The number of hydrogen-bond donors (Lipinski definition) is 0. The summed E-state index contributed by atoms with van der Waals surface area (Å²) in [5, 5.41) is 12.0. The molecule has 5 nitrogen and oxygen atoms in total. The first kappa shape index (κ1) is 17.1. The van der Waals surface area contributed by atoms with Crippen LogP contribution in [0, 0.1) is 33.3 Å². The van der Waals surface area contributed by atoms with Gasteiger partial charge in [-0.15, -0.1) is 6.58 Å². The fraction of sp³-hybridized carbons (Fsp3) is 0.524. The van der Waals surface area contributed by atoms with E-state index >= 15 is 0 Å². The number of Topliss-reactive ketones (excluding diaryl/α,β-unsaturated/α-hetero) is 2. The Kier molecular flexibility index (Phi) is 4.05. The number of carbonyl (C=O) groups is 2. The molecule has 3 atom stereocenters. The zero-order chi connectivity index (χ0) is 18.5. The molecule has 3 aliphatic carbocycles. The molecule has 26 heavy (non-hydrogen) atoms. The number of ketones is 2. The third-order valence-electron chi connectivity index (χ3n) is 6.86. The molecule has 0 saturated heterocycles. The van der Waals surface area contributed by atoms with Crippen molar-refractivity contribution in [3.8, 4) is 0 Å². The van der Waals surface area contributed by atoms with Crippen LogP contribution in [0.2, 0.25) is 0 Å². The van der Waals surface area contributed by atoms with Gasteiger partial charge in [-0.1, -0.05) is 49.6 Å². The second-order valence-electron chi connectivity index (χ2n) is 7.98. The van der Waals surface area contributed by atoms with Crippen LogP contribution >= 0.6 is 0 Å². The quantitative estimate of drug-likeness (QED) is 0.355. The number of nitro groups is 1. The molecule has 0 radical (unpaired) electrons. The summed E-state index contributed by atoms with van der Waals surface area (Å²) in [4.78, 5) is 38.6. The Balaban J connectivity index is 1.88. The largest absolute Gasteiger partial charge is 0.293 e. The van der Waals surface area contributed by atoms with Gasteiger partial charge in [0.2, 0.25) is 6.04 Å². The van der Waals surface area contributed by atoms with Crippen molar-refractivity contribution in [3.63, 3.8) is 0 Å². The van der Waals surface area contributed by atoms with E-state index in [2.05, 4.69) is 6.58 Å². The van der Waals surface area contributed by atoms with Gasteiger partial charge in [-0.3, -0.25) is 19.7 Å². The fourth-order valence-electron chi connectivity index (χ4n) is 5.82. The first-order chi connectivity index (χ1) is 12.5. The van der Waals surface area contributed by atoms with Crippen molar-refractivity contribution < 1.29 is 14.5 Å². The minimum atomic E-state index is -1.28. The van der Waals surface area contributed by atoms with Crippen molar-refractivity contribution in [1.82, 2.24) is 0 Å². The van der Waals surface area contributed by atoms with Crippen LogP contribution in [0.3, 0.4) is 0 Å². The van der Waals surface area contributed by atoms with Crippen molar-refractivity contribution in [2.24, 2.45) is 23.2 Å². The molecule has 0 heterocycles. The normalized spacial score (nSPS) is 30.5. The van der Waals surface area contributed by atoms with Crippen LogP contribution in [0.1, 0.15) is 59.2 Å². The van der Waals surface area contributed by atoms with Crippen LogP contribution in [0.15, 0.2) is 36.9 Å². The lowest BCUT2D eigenvalue weighted by Crippen LogP contribution is -2.46. The van der Waals surface area contributed by atoms with Gasteiger partial charge in [0.1, 0.15) is 5.41 Å². The Labute approximate surface area is 152 Å². The molecule has 1 spiro atoms. The molecule has 1 aromatic carbocycles. The lowest BCUT2D eigenvalue weighted by atomic mass is 9.64. The van der Waals surface area contributed by atoms with E-state index in [0.717, 1.165) is 32.1 Å². The average Bonchev–Trinajstić information content (AvgIpc) is 3.13. The Hall–Kier alpha value is -2.30. The van der Waals surface area contributed by atoms with E-state index in [0.29, 0.717) is 11.1 Å². The Morgan fingerprint density at radius 3 is 2.15 bits per heavy atom. The first-order valence-corrected chi connectivity index (χ1v) is 9.47. The van der Waals surface area contributed by atoms with Crippen LogP contribution < -0.4 is 0 Å². The second kappa shape index (κ2) is 6.15. The summed E-state index contributed by atoms with van der Waals surface area (Å²) >= 11 is 0. The predicted molar refractivity (Wildman–Crippen MR) is 96.7 cm³/mol. The molecular formula is C21H23NO4. The van der Waals surface area contributed by atoms with Gasteiger partial charge in [0.15, 0.2) is 11.6 Å². The van der Waals surface area contributed by atoms with E-state index in [9.17, 15) is 19.7 Å². The molecule has 2 fully saturated rings. The highest BCUT2D eigenvalue weighted by molar-refractivity contribution is 6.30. The molecule has 136 valence electrons. The summed E-state index contributed by atoms with van der Waals surface area (Å²) in [7, 11) is 0. The summed E-state index contributed by atoms with van der Waals surface area (Å²) in [5.41, 5.74) is -0.405. The van der Waals surface area contributed by atoms with Crippen LogP contribution in [0.5, 0.6) is 0 Å². The maximum atomic E-state index is 13.4. The molecule has 0 aromatic heterocycles. The Bertz CT molecular complexity index is 758. The molecule has 0 amide bonds. The molecule has 4 rings (SSSR count). The number of carbonyl (C=O) groups excluding carboxylic acids is 2. The molecule has 3 aliphatic rings. The van der Waals surface area contributed by atoms with Crippen LogP contribution in [0.25, 0.3) is 0 Å². The number of fused-ring (bicyclic) bond motifs is 1. The second-order valence-corrected chi connectivity index (χ2v) is 7.98. The smallest absolute Gasteiger partial charge is 0.223 e. The zero-order valence-electron chi connectivity index (χ0n) is 14.7. The van der Waals surface area contributed by atoms with Crippen molar-refractivity contribution in [3.05, 3.63) is 58.2 Å². The van der Waals surface area contributed by atoms with Gasteiger partial charge >= 0.3 is 0 Å². The van der Waals surface area contributed by atoms with Crippen LogP contribution in [0.4, 0.5) is 0 Å². The Morgan fingerprint density at radius 1 is 1.08 bits per heavy atom. The first-order valence-electron chi connectivity index (χ1n) is 9.47. The molecule has 5 heteroatoms.